The van der Waals surface area contributed by atoms with Gasteiger partial charge >= 0.3 is 5.97 Å². The van der Waals surface area contributed by atoms with Crippen molar-refractivity contribution in [3.63, 3.8) is 0 Å². The Hall–Kier alpha value is -4.30. The van der Waals surface area contributed by atoms with Crippen LogP contribution in [0.4, 0.5) is 20.2 Å². The summed E-state index contributed by atoms with van der Waals surface area (Å²) in [5, 5.41) is 11.4. The molecule has 174 valence electrons. The fraction of sp³-hybridized carbons (Fsp3) is 0.0870. The topological polar surface area (TPSA) is 125 Å². The molecule has 2 N–H and O–H groups in total. The maximum Gasteiger partial charge on any atom is 0.341 e. The van der Waals surface area contributed by atoms with Crippen LogP contribution in [0.5, 0.6) is 0 Å². The number of nitrogens with one attached hydrogen (secondary N) is 2. The second-order valence-electron chi connectivity index (χ2n) is 6.96. The summed E-state index contributed by atoms with van der Waals surface area (Å²) in [6.07, 6.45) is -1.29. The van der Waals surface area contributed by atoms with Crippen LogP contribution in [0.3, 0.4) is 0 Å². The molecule has 0 aliphatic carbocycles. The van der Waals surface area contributed by atoms with Gasteiger partial charge in [-0.05, 0) is 55.5 Å². The van der Waals surface area contributed by atoms with Gasteiger partial charge in [0.05, 0.1) is 22.9 Å². The number of para-hydroxylation sites is 1. The molecule has 0 aliphatic heterocycles. The molecule has 0 aromatic heterocycles. The Morgan fingerprint density at radius 3 is 2.50 bits per heavy atom. The molecule has 0 spiro atoms. The highest BCUT2D eigenvalue weighted by atomic mass is 32.2. The second-order valence-corrected chi connectivity index (χ2v) is 8.61. The molecule has 0 heterocycles. The number of sulfonamides is 1. The number of benzene rings is 3. The molecule has 0 saturated heterocycles. The van der Waals surface area contributed by atoms with E-state index in [-0.39, 0.29) is 11.3 Å². The SMILES string of the molecule is CC(OC(=O)c1ccccc1NS(=O)(=O)c1cc(F)ccc1F)C(=O)Nc1cccc(C#N)c1. The highest BCUT2D eigenvalue weighted by Gasteiger charge is 2.25. The Balaban J connectivity index is 1.77. The van der Waals surface area contributed by atoms with E-state index in [0.29, 0.717) is 23.4 Å². The Labute approximate surface area is 193 Å². The summed E-state index contributed by atoms with van der Waals surface area (Å²) < 4.78 is 59.8. The van der Waals surface area contributed by atoms with Gasteiger partial charge in [0.1, 0.15) is 16.5 Å². The number of nitrogens with zero attached hydrogens (tertiary/aromatic N) is 1. The molecule has 0 aliphatic rings. The molecule has 0 saturated carbocycles. The second kappa shape index (κ2) is 10.1. The number of amides is 1. The largest absolute Gasteiger partial charge is 0.449 e. The average molecular weight is 485 g/mol. The van der Waals surface area contributed by atoms with Gasteiger partial charge in [0, 0.05) is 5.69 Å². The lowest BCUT2D eigenvalue weighted by Gasteiger charge is -2.16. The van der Waals surface area contributed by atoms with Crippen LogP contribution in [0.15, 0.2) is 71.6 Å². The molecule has 1 amide bonds. The number of esters is 1. The van der Waals surface area contributed by atoms with Gasteiger partial charge in [0.2, 0.25) is 0 Å². The van der Waals surface area contributed by atoms with Crippen LogP contribution in [0, 0.1) is 23.0 Å². The summed E-state index contributed by atoms with van der Waals surface area (Å²) >= 11 is 0. The third-order valence-electron chi connectivity index (χ3n) is 4.49. The first-order chi connectivity index (χ1) is 16.1. The van der Waals surface area contributed by atoms with Crippen molar-refractivity contribution >= 4 is 33.3 Å². The maximum atomic E-state index is 14.0. The number of anilines is 2. The van der Waals surface area contributed by atoms with Gasteiger partial charge in [0.25, 0.3) is 15.9 Å². The molecule has 0 radical (unpaired) electrons. The highest BCUT2D eigenvalue weighted by Crippen LogP contribution is 2.23. The summed E-state index contributed by atoms with van der Waals surface area (Å²) in [5.74, 6) is -3.87. The first-order valence-corrected chi connectivity index (χ1v) is 11.2. The van der Waals surface area contributed by atoms with E-state index in [0.717, 1.165) is 6.07 Å². The van der Waals surface area contributed by atoms with Gasteiger partial charge in [-0.3, -0.25) is 9.52 Å². The van der Waals surface area contributed by atoms with E-state index in [2.05, 4.69) is 5.32 Å². The van der Waals surface area contributed by atoms with Crippen LogP contribution in [-0.4, -0.2) is 26.4 Å². The minimum atomic E-state index is -4.59. The number of carbonyl (C=O) groups is 2. The molecule has 34 heavy (non-hydrogen) atoms. The molecule has 11 heteroatoms. The smallest absolute Gasteiger partial charge is 0.341 e. The van der Waals surface area contributed by atoms with Crippen LogP contribution in [0.2, 0.25) is 0 Å². The standard InChI is InChI=1S/C23H17F2N3O5S/c1-14(22(29)27-17-6-4-5-15(11-17)13-26)33-23(30)18-7-2-3-8-20(18)28-34(31,32)21-12-16(24)9-10-19(21)25/h2-12,14,28H,1H3,(H,27,29). The van der Waals surface area contributed by atoms with Crippen molar-refractivity contribution in [3.8, 4) is 6.07 Å². The third-order valence-corrected chi connectivity index (χ3v) is 5.87. The van der Waals surface area contributed by atoms with Crippen molar-refractivity contribution in [2.24, 2.45) is 0 Å². The molecule has 8 nitrogen and oxygen atoms in total. The number of hydrogen-bond donors (Lipinski definition) is 2. The molecular formula is C23H17F2N3O5S. The lowest BCUT2D eigenvalue weighted by Crippen LogP contribution is -2.30. The van der Waals surface area contributed by atoms with Crippen LogP contribution in [0.1, 0.15) is 22.8 Å². The zero-order valence-electron chi connectivity index (χ0n) is 17.6. The van der Waals surface area contributed by atoms with Crippen molar-refractivity contribution in [2.45, 2.75) is 17.9 Å². The predicted molar refractivity (Wildman–Crippen MR) is 118 cm³/mol. The number of carbonyl (C=O) groups excluding carboxylic acids is 2. The predicted octanol–water partition coefficient (Wildman–Crippen LogP) is 3.82. The van der Waals surface area contributed by atoms with E-state index in [1.54, 1.807) is 18.2 Å². The number of halogens is 2. The fourth-order valence-electron chi connectivity index (χ4n) is 2.82. The molecule has 3 rings (SSSR count). The molecular weight excluding hydrogens is 468 g/mol. The summed E-state index contributed by atoms with van der Waals surface area (Å²) in [6.45, 7) is 1.30. The van der Waals surface area contributed by atoms with Crippen molar-refractivity contribution in [2.75, 3.05) is 10.0 Å². The number of ether oxygens (including phenoxy) is 1. The summed E-state index contributed by atoms with van der Waals surface area (Å²) in [5.41, 5.74) is 0.120. The quantitative estimate of drug-likeness (QED) is 0.490. The lowest BCUT2D eigenvalue weighted by molar-refractivity contribution is -0.123. The molecule has 1 unspecified atom stereocenters. The van der Waals surface area contributed by atoms with Gasteiger partial charge in [-0.2, -0.15) is 5.26 Å². The van der Waals surface area contributed by atoms with Crippen molar-refractivity contribution in [1.82, 2.24) is 0 Å². The summed E-state index contributed by atoms with van der Waals surface area (Å²) in [7, 11) is -4.59. The maximum absolute atomic E-state index is 14.0. The minimum Gasteiger partial charge on any atom is -0.449 e. The van der Waals surface area contributed by atoms with Crippen LogP contribution < -0.4 is 10.0 Å². The zero-order chi connectivity index (χ0) is 24.9. The number of rotatable bonds is 7. The molecule has 1 atom stereocenters. The van der Waals surface area contributed by atoms with Gasteiger partial charge in [-0.15, -0.1) is 0 Å². The minimum absolute atomic E-state index is 0.256. The highest BCUT2D eigenvalue weighted by molar-refractivity contribution is 7.92. The third kappa shape index (κ3) is 5.73. The monoisotopic (exact) mass is 485 g/mol. The first kappa shape index (κ1) is 24.3. The van der Waals surface area contributed by atoms with Gasteiger partial charge in [0.15, 0.2) is 6.10 Å². The van der Waals surface area contributed by atoms with E-state index in [4.69, 9.17) is 10.00 Å². The molecule has 3 aromatic rings. The van der Waals surface area contributed by atoms with Crippen LogP contribution in [0.25, 0.3) is 0 Å². The van der Waals surface area contributed by atoms with Crippen molar-refractivity contribution in [3.05, 3.63) is 89.5 Å². The van der Waals surface area contributed by atoms with E-state index >= 15 is 0 Å². The Bertz CT molecular complexity index is 1400. The van der Waals surface area contributed by atoms with E-state index < -0.39 is 44.5 Å². The van der Waals surface area contributed by atoms with E-state index in [1.165, 1.54) is 37.3 Å². The van der Waals surface area contributed by atoms with E-state index in [9.17, 15) is 26.8 Å². The first-order valence-electron chi connectivity index (χ1n) is 9.69. The Morgan fingerprint density at radius 1 is 1.03 bits per heavy atom. The van der Waals surface area contributed by atoms with Gasteiger partial charge in [-0.1, -0.05) is 18.2 Å². The Morgan fingerprint density at radius 2 is 1.76 bits per heavy atom. The lowest BCUT2D eigenvalue weighted by atomic mass is 10.2. The fourth-order valence-corrected chi connectivity index (χ4v) is 3.99. The number of hydrogen-bond acceptors (Lipinski definition) is 6. The van der Waals surface area contributed by atoms with Gasteiger partial charge < -0.3 is 10.1 Å². The molecule has 0 fully saturated rings. The van der Waals surface area contributed by atoms with Crippen molar-refractivity contribution in [1.29, 1.82) is 5.26 Å². The van der Waals surface area contributed by atoms with Crippen molar-refractivity contribution < 1.29 is 31.5 Å². The van der Waals surface area contributed by atoms with Crippen LogP contribution >= 0.6 is 0 Å². The van der Waals surface area contributed by atoms with Crippen LogP contribution in [-0.2, 0) is 19.6 Å². The normalized spacial score (nSPS) is 11.7. The van der Waals surface area contributed by atoms with E-state index in [1.807, 2.05) is 10.8 Å². The average Bonchev–Trinajstić information content (AvgIpc) is 2.80. The Kier molecular flexibility index (Phi) is 7.23. The summed E-state index contributed by atoms with van der Waals surface area (Å²) in [6, 6.07) is 15.3. The molecule has 0 bridgehead atoms. The van der Waals surface area contributed by atoms with Gasteiger partial charge in [-0.25, -0.2) is 22.0 Å². The molecule has 3 aromatic carbocycles. The zero-order valence-corrected chi connectivity index (χ0v) is 18.4. The number of nitriles is 1. The summed E-state index contributed by atoms with van der Waals surface area (Å²) in [4.78, 5) is 24.1.